The van der Waals surface area contributed by atoms with Gasteiger partial charge in [-0.25, -0.2) is 17.9 Å². The summed E-state index contributed by atoms with van der Waals surface area (Å²) in [5, 5.41) is 3.89. The number of esters is 1. The Morgan fingerprint density at radius 2 is 1.97 bits per heavy atom. The zero-order valence-corrected chi connectivity index (χ0v) is 19.2. The Labute approximate surface area is 195 Å². The minimum absolute atomic E-state index is 0.0181. The lowest BCUT2D eigenvalue weighted by molar-refractivity contribution is 0.0428. The summed E-state index contributed by atoms with van der Waals surface area (Å²) in [7, 11) is -2.33. The van der Waals surface area contributed by atoms with E-state index in [-0.39, 0.29) is 29.5 Å². The van der Waals surface area contributed by atoms with Crippen LogP contribution in [0.3, 0.4) is 0 Å². The number of sulfonamides is 1. The number of furan rings is 1. The molecule has 2 heterocycles. The highest BCUT2D eigenvalue weighted by Gasteiger charge is 2.20. The van der Waals surface area contributed by atoms with E-state index in [0.717, 1.165) is 0 Å². The molecular weight excluding hydrogens is 462 g/mol. The Hall–Kier alpha value is -3.96. The summed E-state index contributed by atoms with van der Waals surface area (Å²) in [5.41, 5.74) is 1.34. The van der Waals surface area contributed by atoms with Crippen molar-refractivity contribution in [2.45, 2.75) is 25.0 Å². The third-order valence-corrected chi connectivity index (χ3v) is 6.28. The average Bonchev–Trinajstić information content (AvgIpc) is 3.54. The lowest BCUT2D eigenvalue weighted by Gasteiger charge is -2.10. The molecule has 0 bridgehead atoms. The van der Waals surface area contributed by atoms with E-state index >= 15 is 0 Å². The topological polar surface area (TPSA) is 134 Å². The van der Waals surface area contributed by atoms with Crippen molar-refractivity contribution in [3.63, 3.8) is 0 Å². The summed E-state index contributed by atoms with van der Waals surface area (Å²) in [6, 6.07) is 14.6. The van der Waals surface area contributed by atoms with Crippen molar-refractivity contribution in [1.82, 2.24) is 14.9 Å². The first-order valence-corrected chi connectivity index (χ1v) is 11.6. The van der Waals surface area contributed by atoms with Crippen molar-refractivity contribution in [2.75, 3.05) is 7.11 Å². The Bertz CT molecular complexity index is 1400. The van der Waals surface area contributed by atoms with Crippen LogP contribution in [-0.4, -0.2) is 31.6 Å². The molecular formula is C23H21N3O7S. The summed E-state index contributed by atoms with van der Waals surface area (Å²) in [4.78, 5) is 16.8. The van der Waals surface area contributed by atoms with Gasteiger partial charge in [-0.2, -0.15) is 4.98 Å². The fourth-order valence-electron chi connectivity index (χ4n) is 3.05. The highest BCUT2D eigenvalue weighted by molar-refractivity contribution is 7.89. The van der Waals surface area contributed by atoms with Gasteiger partial charge in [0.15, 0.2) is 6.61 Å². The largest absolute Gasteiger partial charge is 0.497 e. The van der Waals surface area contributed by atoms with Gasteiger partial charge in [0.25, 0.3) is 5.89 Å². The van der Waals surface area contributed by atoms with Crippen LogP contribution < -0.4 is 9.46 Å². The van der Waals surface area contributed by atoms with Gasteiger partial charge in [-0.1, -0.05) is 23.4 Å². The van der Waals surface area contributed by atoms with Crippen LogP contribution in [0.1, 0.15) is 27.6 Å². The SMILES string of the molecule is COc1cccc(-c2noc(COC(=O)c3cc(S(=O)(=O)NCc4ccco4)ccc3C)n2)c1. The first kappa shape index (κ1) is 23.2. The predicted molar refractivity (Wildman–Crippen MR) is 119 cm³/mol. The first-order chi connectivity index (χ1) is 16.4. The molecule has 4 aromatic rings. The van der Waals surface area contributed by atoms with Gasteiger partial charge in [-0.15, -0.1) is 0 Å². The summed E-state index contributed by atoms with van der Waals surface area (Å²) in [6.07, 6.45) is 1.45. The average molecular weight is 484 g/mol. The van der Waals surface area contributed by atoms with Crippen molar-refractivity contribution in [1.29, 1.82) is 0 Å². The molecule has 1 N–H and O–H groups in total. The van der Waals surface area contributed by atoms with Gasteiger partial charge < -0.3 is 18.4 Å². The molecule has 0 amide bonds. The van der Waals surface area contributed by atoms with E-state index < -0.39 is 16.0 Å². The normalized spacial score (nSPS) is 11.4. The number of hydrogen-bond donors (Lipinski definition) is 1. The van der Waals surface area contributed by atoms with Crippen molar-refractivity contribution in [3.8, 4) is 17.1 Å². The molecule has 0 aliphatic rings. The number of aromatic nitrogens is 2. The quantitative estimate of drug-likeness (QED) is 0.355. The molecule has 0 aliphatic heterocycles. The molecule has 0 saturated heterocycles. The van der Waals surface area contributed by atoms with Crippen LogP contribution in [0.15, 0.2) is 74.7 Å². The second-order valence-electron chi connectivity index (χ2n) is 7.20. The molecule has 2 aromatic carbocycles. The number of hydrogen-bond acceptors (Lipinski definition) is 9. The molecule has 0 radical (unpaired) electrons. The highest BCUT2D eigenvalue weighted by Crippen LogP contribution is 2.22. The van der Waals surface area contributed by atoms with Gasteiger partial charge >= 0.3 is 5.97 Å². The van der Waals surface area contributed by atoms with Crippen molar-refractivity contribution in [3.05, 3.63) is 83.6 Å². The number of aryl methyl sites for hydroxylation is 1. The van der Waals surface area contributed by atoms with E-state index in [1.165, 1.54) is 24.5 Å². The molecule has 11 heteroatoms. The van der Waals surface area contributed by atoms with Crippen LogP contribution >= 0.6 is 0 Å². The molecule has 0 fully saturated rings. The second-order valence-corrected chi connectivity index (χ2v) is 8.97. The summed E-state index contributed by atoms with van der Waals surface area (Å²) >= 11 is 0. The van der Waals surface area contributed by atoms with Crippen LogP contribution in [0, 0.1) is 6.92 Å². The molecule has 0 spiro atoms. The Balaban J connectivity index is 1.43. The fourth-order valence-corrected chi connectivity index (χ4v) is 4.07. The fraction of sp³-hybridized carbons (Fsp3) is 0.174. The zero-order valence-electron chi connectivity index (χ0n) is 18.3. The molecule has 10 nitrogen and oxygen atoms in total. The third kappa shape index (κ3) is 5.33. The number of carbonyl (C=O) groups excluding carboxylic acids is 1. The van der Waals surface area contributed by atoms with Crippen molar-refractivity contribution >= 4 is 16.0 Å². The molecule has 4 rings (SSSR count). The number of ether oxygens (including phenoxy) is 2. The van der Waals surface area contributed by atoms with Gasteiger partial charge in [-0.3, -0.25) is 0 Å². The number of methoxy groups -OCH3 is 1. The number of benzene rings is 2. The van der Waals surface area contributed by atoms with E-state index in [9.17, 15) is 13.2 Å². The zero-order chi connectivity index (χ0) is 24.1. The van der Waals surface area contributed by atoms with E-state index in [4.69, 9.17) is 18.4 Å². The molecule has 0 atom stereocenters. The van der Waals surface area contributed by atoms with E-state index in [0.29, 0.717) is 28.5 Å². The second kappa shape index (κ2) is 9.89. The molecule has 0 unspecified atom stereocenters. The van der Waals surface area contributed by atoms with Crippen LogP contribution in [0.2, 0.25) is 0 Å². The van der Waals surface area contributed by atoms with E-state index in [1.54, 1.807) is 50.4 Å². The Morgan fingerprint density at radius 1 is 1.12 bits per heavy atom. The predicted octanol–water partition coefficient (Wildman–Crippen LogP) is 3.48. The van der Waals surface area contributed by atoms with Crippen LogP contribution in [0.25, 0.3) is 11.4 Å². The third-order valence-electron chi connectivity index (χ3n) is 4.88. The molecule has 34 heavy (non-hydrogen) atoms. The van der Waals surface area contributed by atoms with Crippen molar-refractivity contribution < 1.29 is 31.6 Å². The maximum absolute atomic E-state index is 12.7. The summed E-state index contributed by atoms with van der Waals surface area (Å²) in [6.45, 7) is 1.38. The van der Waals surface area contributed by atoms with Crippen molar-refractivity contribution in [2.24, 2.45) is 0 Å². The molecule has 0 aliphatic carbocycles. The smallest absolute Gasteiger partial charge is 0.338 e. The Kier molecular flexibility index (Phi) is 6.75. The van der Waals surface area contributed by atoms with Gasteiger partial charge in [0.2, 0.25) is 15.8 Å². The maximum atomic E-state index is 12.7. The number of nitrogens with zero attached hydrogens (tertiary/aromatic N) is 2. The van der Waals surface area contributed by atoms with Gasteiger partial charge in [-0.05, 0) is 48.9 Å². The van der Waals surface area contributed by atoms with Gasteiger partial charge in [0.05, 0.1) is 30.4 Å². The number of rotatable bonds is 9. The lowest BCUT2D eigenvalue weighted by Crippen LogP contribution is -2.23. The van der Waals surface area contributed by atoms with E-state index in [1.807, 2.05) is 0 Å². The Morgan fingerprint density at radius 3 is 2.74 bits per heavy atom. The monoisotopic (exact) mass is 483 g/mol. The molecule has 0 saturated carbocycles. The van der Waals surface area contributed by atoms with Crippen LogP contribution in [0.5, 0.6) is 5.75 Å². The van der Waals surface area contributed by atoms with E-state index in [2.05, 4.69) is 14.9 Å². The standard InChI is InChI=1S/C23H21N3O7S/c1-15-8-9-19(34(28,29)24-13-18-7-4-10-31-18)12-20(15)23(27)32-14-21-25-22(26-33-21)16-5-3-6-17(11-16)30-2/h3-12,24H,13-14H2,1-2H3. The van der Waals surface area contributed by atoms with Crippen LogP contribution in [0.4, 0.5) is 0 Å². The molecule has 176 valence electrons. The first-order valence-electron chi connectivity index (χ1n) is 10.1. The highest BCUT2D eigenvalue weighted by atomic mass is 32.2. The molecule has 2 aromatic heterocycles. The number of carbonyl (C=O) groups is 1. The minimum Gasteiger partial charge on any atom is -0.497 e. The van der Waals surface area contributed by atoms with Gasteiger partial charge in [0, 0.05) is 5.56 Å². The van der Waals surface area contributed by atoms with Crippen LogP contribution in [-0.2, 0) is 27.9 Å². The summed E-state index contributed by atoms with van der Waals surface area (Å²) < 4.78 is 48.5. The van der Waals surface area contributed by atoms with Gasteiger partial charge in [0.1, 0.15) is 11.5 Å². The maximum Gasteiger partial charge on any atom is 0.338 e. The summed E-state index contributed by atoms with van der Waals surface area (Å²) in [5.74, 6) is 0.786. The minimum atomic E-state index is -3.88. The lowest BCUT2D eigenvalue weighted by atomic mass is 10.1. The number of nitrogens with one attached hydrogen (secondary N) is 1.